The lowest BCUT2D eigenvalue weighted by molar-refractivity contribution is -0.155. The lowest BCUT2D eigenvalue weighted by Gasteiger charge is -2.19. The minimum absolute atomic E-state index is 0.268. The summed E-state index contributed by atoms with van der Waals surface area (Å²) in [7, 11) is -3.60. The molecule has 1 N–H and O–H groups in total. The fourth-order valence-electron chi connectivity index (χ4n) is 1.05. The number of carbonyl (C=O) groups is 2. The zero-order valence-electron chi connectivity index (χ0n) is 10.7. The first-order chi connectivity index (χ1) is 7.54. The zero-order chi connectivity index (χ0) is 13.8. The molecule has 0 fully saturated rings. The van der Waals surface area contributed by atoms with Gasteiger partial charge in [0.05, 0.1) is 18.3 Å². The molecule has 0 aromatic carbocycles. The van der Waals surface area contributed by atoms with E-state index < -0.39 is 33.7 Å². The highest BCUT2D eigenvalue weighted by Crippen LogP contribution is 2.14. The molecule has 0 bridgehead atoms. The number of nitrogens with one attached hydrogen (secondary N) is 1. The van der Waals surface area contributed by atoms with E-state index in [1.807, 2.05) is 4.72 Å². The number of amides is 1. The number of ether oxygens (including phenoxy) is 1. The Morgan fingerprint density at radius 3 is 1.88 bits per heavy atom. The van der Waals surface area contributed by atoms with Crippen molar-refractivity contribution in [1.29, 1.82) is 0 Å². The molecule has 2 atom stereocenters. The molecule has 0 spiro atoms. The van der Waals surface area contributed by atoms with E-state index in [0.717, 1.165) is 6.26 Å². The maximum absolute atomic E-state index is 11.5. The van der Waals surface area contributed by atoms with Gasteiger partial charge in [-0.3, -0.25) is 14.3 Å². The van der Waals surface area contributed by atoms with Crippen LogP contribution in [0.4, 0.5) is 0 Å². The molecule has 100 valence electrons. The fourth-order valence-corrected chi connectivity index (χ4v) is 1.60. The van der Waals surface area contributed by atoms with Crippen molar-refractivity contribution < 1.29 is 22.7 Å². The molecular weight excluding hydrogens is 246 g/mol. The van der Waals surface area contributed by atoms with Gasteiger partial charge in [-0.25, -0.2) is 8.42 Å². The van der Waals surface area contributed by atoms with Gasteiger partial charge in [-0.05, 0) is 13.8 Å². The van der Waals surface area contributed by atoms with Gasteiger partial charge in [-0.2, -0.15) is 0 Å². The van der Waals surface area contributed by atoms with Crippen LogP contribution in [0.15, 0.2) is 0 Å². The van der Waals surface area contributed by atoms with Crippen LogP contribution in [0.25, 0.3) is 0 Å². The summed E-state index contributed by atoms with van der Waals surface area (Å²) in [6.07, 6.45) is 0.615. The number of sulfonamides is 1. The largest absolute Gasteiger partial charge is 0.463 e. The van der Waals surface area contributed by atoms with Gasteiger partial charge in [0.25, 0.3) is 0 Å². The summed E-state index contributed by atoms with van der Waals surface area (Å²) in [6.45, 7) is 6.40. The van der Waals surface area contributed by atoms with Crippen LogP contribution in [0.5, 0.6) is 0 Å². The van der Waals surface area contributed by atoms with Gasteiger partial charge in [0.2, 0.25) is 15.9 Å². The van der Waals surface area contributed by atoms with Crippen LogP contribution in [0.3, 0.4) is 0 Å². The highest BCUT2D eigenvalue weighted by Gasteiger charge is 2.29. The molecule has 1 amide bonds. The lowest BCUT2D eigenvalue weighted by atomic mass is 9.96. The predicted molar refractivity (Wildman–Crippen MR) is 62.5 cm³/mol. The van der Waals surface area contributed by atoms with Crippen LogP contribution >= 0.6 is 0 Å². The summed E-state index contributed by atoms with van der Waals surface area (Å²) in [5, 5.41) is 0. The number of esters is 1. The Morgan fingerprint density at radius 2 is 1.53 bits per heavy atom. The minimum Gasteiger partial charge on any atom is -0.463 e. The SMILES string of the molecule is CC(C)OC(=O)C(C)C(C)C(=O)NS(C)(=O)=O. The van der Waals surface area contributed by atoms with Crippen molar-refractivity contribution in [3.05, 3.63) is 0 Å². The van der Waals surface area contributed by atoms with Crippen LogP contribution in [0, 0.1) is 11.8 Å². The van der Waals surface area contributed by atoms with Crippen LogP contribution in [0.2, 0.25) is 0 Å². The summed E-state index contributed by atoms with van der Waals surface area (Å²) < 4.78 is 28.5. The van der Waals surface area contributed by atoms with Gasteiger partial charge >= 0.3 is 5.97 Å². The molecule has 17 heavy (non-hydrogen) atoms. The fraction of sp³-hybridized carbons (Fsp3) is 0.800. The molecule has 0 saturated heterocycles. The van der Waals surface area contributed by atoms with Crippen LogP contribution < -0.4 is 4.72 Å². The Labute approximate surface area is 102 Å². The lowest BCUT2D eigenvalue weighted by Crippen LogP contribution is -2.39. The average molecular weight is 265 g/mol. The van der Waals surface area contributed by atoms with E-state index >= 15 is 0 Å². The van der Waals surface area contributed by atoms with Gasteiger partial charge < -0.3 is 4.74 Å². The maximum Gasteiger partial charge on any atom is 0.309 e. The van der Waals surface area contributed by atoms with Crippen LogP contribution in [0.1, 0.15) is 27.7 Å². The first kappa shape index (κ1) is 15.9. The normalized spacial score (nSPS) is 15.2. The molecule has 0 radical (unpaired) electrons. The molecule has 0 saturated carbocycles. The Kier molecular flexibility index (Phi) is 5.60. The molecule has 0 heterocycles. The van der Waals surface area contributed by atoms with E-state index in [4.69, 9.17) is 4.74 Å². The van der Waals surface area contributed by atoms with Gasteiger partial charge in [-0.15, -0.1) is 0 Å². The number of carbonyl (C=O) groups excluding carboxylic acids is 2. The van der Waals surface area contributed by atoms with E-state index in [0.29, 0.717) is 0 Å². The Bertz CT molecular complexity index is 388. The standard InChI is InChI=1S/C10H19NO5S/c1-6(2)16-10(13)8(4)7(3)9(12)11-17(5,14)15/h6-8H,1-5H3,(H,11,12). The maximum atomic E-state index is 11.5. The van der Waals surface area contributed by atoms with Crippen molar-refractivity contribution in [2.24, 2.45) is 11.8 Å². The summed E-state index contributed by atoms with van der Waals surface area (Å²) in [4.78, 5) is 23.0. The second-order valence-corrected chi connectivity index (χ2v) is 6.05. The molecule has 6 nitrogen and oxygen atoms in total. The summed E-state index contributed by atoms with van der Waals surface area (Å²) >= 11 is 0. The summed E-state index contributed by atoms with van der Waals surface area (Å²) in [5.41, 5.74) is 0. The second-order valence-electron chi connectivity index (χ2n) is 4.30. The first-order valence-electron chi connectivity index (χ1n) is 5.26. The van der Waals surface area contributed by atoms with Crippen molar-refractivity contribution in [2.45, 2.75) is 33.8 Å². The van der Waals surface area contributed by atoms with Crippen molar-refractivity contribution in [3.63, 3.8) is 0 Å². The number of hydrogen-bond acceptors (Lipinski definition) is 5. The highest BCUT2D eigenvalue weighted by atomic mass is 32.2. The van der Waals surface area contributed by atoms with Gasteiger partial charge in [-0.1, -0.05) is 13.8 Å². The smallest absolute Gasteiger partial charge is 0.309 e. The number of rotatable bonds is 5. The van der Waals surface area contributed by atoms with Crippen molar-refractivity contribution in [1.82, 2.24) is 4.72 Å². The average Bonchev–Trinajstić information content (AvgIpc) is 2.11. The third-order valence-corrected chi connectivity index (χ3v) is 2.75. The first-order valence-corrected chi connectivity index (χ1v) is 7.16. The number of hydrogen-bond donors (Lipinski definition) is 1. The molecule has 0 aliphatic heterocycles. The monoisotopic (exact) mass is 265 g/mol. The van der Waals surface area contributed by atoms with E-state index in [2.05, 4.69) is 0 Å². The van der Waals surface area contributed by atoms with Crippen LogP contribution in [-0.2, 0) is 24.3 Å². The third-order valence-electron chi connectivity index (χ3n) is 2.17. The molecule has 0 aliphatic rings. The van der Waals surface area contributed by atoms with Crippen LogP contribution in [-0.4, -0.2) is 32.7 Å². The minimum atomic E-state index is -3.60. The van der Waals surface area contributed by atoms with E-state index in [9.17, 15) is 18.0 Å². The molecule has 2 unspecified atom stereocenters. The predicted octanol–water partition coefficient (Wildman–Crippen LogP) is 0.286. The van der Waals surface area contributed by atoms with Gasteiger partial charge in [0, 0.05) is 5.92 Å². The Balaban J connectivity index is 4.54. The van der Waals surface area contributed by atoms with E-state index in [1.165, 1.54) is 13.8 Å². The molecule has 0 aromatic rings. The zero-order valence-corrected chi connectivity index (χ0v) is 11.5. The Morgan fingerprint density at radius 1 is 1.06 bits per heavy atom. The van der Waals surface area contributed by atoms with Gasteiger partial charge in [0.1, 0.15) is 0 Å². The molecule has 0 aromatic heterocycles. The Hall–Kier alpha value is -1.11. The topological polar surface area (TPSA) is 89.5 Å². The van der Waals surface area contributed by atoms with E-state index in [-0.39, 0.29) is 6.10 Å². The summed E-state index contributed by atoms with van der Waals surface area (Å²) in [6, 6.07) is 0. The van der Waals surface area contributed by atoms with E-state index in [1.54, 1.807) is 13.8 Å². The molecule has 7 heteroatoms. The van der Waals surface area contributed by atoms with Crippen molar-refractivity contribution >= 4 is 21.9 Å². The second kappa shape index (κ2) is 6.00. The molecular formula is C10H19NO5S. The third kappa shape index (κ3) is 6.25. The summed E-state index contributed by atoms with van der Waals surface area (Å²) in [5.74, 6) is -2.69. The molecule has 0 rings (SSSR count). The highest BCUT2D eigenvalue weighted by molar-refractivity contribution is 7.89. The van der Waals surface area contributed by atoms with Crippen molar-refractivity contribution in [3.8, 4) is 0 Å². The van der Waals surface area contributed by atoms with Crippen molar-refractivity contribution in [2.75, 3.05) is 6.26 Å². The van der Waals surface area contributed by atoms with Gasteiger partial charge in [0.15, 0.2) is 0 Å². The molecule has 0 aliphatic carbocycles. The quantitative estimate of drug-likeness (QED) is 0.721.